The maximum absolute atomic E-state index is 13.3. The molecule has 2 aliphatic rings. The average Bonchev–Trinajstić information content (AvgIpc) is 3.42. The summed E-state index contributed by atoms with van der Waals surface area (Å²) in [6.07, 6.45) is 42.9. The van der Waals surface area contributed by atoms with E-state index >= 15 is 0 Å². The number of ether oxygens (including phenoxy) is 4. The van der Waals surface area contributed by atoms with Crippen molar-refractivity contribution in [1.82, 2.24) is 5.32 Å². The van der Waals surface area contributed by atoms with E-state index in [0.29, 0.717) is 12.8 Å². The molecule has 2 rings (SSSR count). The third-order valence-corrected chi connectivity index (χ3v) is 15.0. The van der Waals surface area contributed by atoms with Gasteiger partial charge in [0.1, 0.15) is 48.8 Å². The lowest BCUT2D eigenvalue weighted by Gasteiger charge is -2.46. The Bertz CT molecular complexity index is 1460. The van der Waals surface area contributed by atoms with Crippen LogP contribution in [0.1, 0.15) is 245 Å². The van der Waals surface area contributed by atoms with Gasteiger partial charge in [0.2, 0.25) is 5.91 Å². The Morgan fingerprint density at radius 3 is 1.38 bits per heavy atom. The van der Waals surface area contributed by atoms with Gasteiger partial charge < -0.3 is 65.1 Å². The zero-order valence-electron chi connectivity index (χ0n) is 47.7. The number of aliphatic hydroxyl groups is 8. The SMILES string of the molecule is CCCCCC/C=C\C/C=C\CCCCCCCCCC(=O)NC(COC1OC(CO)C(OC2OC(CO)C(O)C(O)C2O)C(O)C1O)C(O)/C=C/CC/C=C/CCCCCCCCCCCCCCCCCCCC. The van der Waals surface area contributed by atoms with Crippen molar-refractivity contribution in [3.63, 3.8) is 0 Å². The van der Waals surface area contributed by atoms with Crippen molar-refractivity contribution in [2.75, 3.05) is 19.8 Å². The summed E-state index contributed by atoms with van der Waals surface area (Å²) < 4.78 is 22.8. The van der Waals surface area contributed by atoms with Crippen LogP contribution < -0.4 is 5.32 Å². The minimum atomic E-state index is -1.79. The van der Waals surface area contributed by atoms with Crippen LogP contribution in [0.2, 0.25) is 0 Å². The first-order valence-corrected chi connectivity index (χ1v) is 30.9. The number of carbonyl (C=O) groups excluding carboxylic acids is 1. The highest BCUT2D eigenvalue weighted by Gasteiger charge is 2.51. The largest absolute Gasteiger partial charge is 0.394 e. The topological polar surface area (TPSA) is 228 Å². The fraction of sp³-hybridized carbons (Fsp3) is 0.855. The maximum atomic E-state index is 13.3. The second-order valence-electron chi connectivity index (χ2n) is 21.8. The molecule has 0 saturated carbocycles. The van der Waals surface area contributed by atoms with Gasteiger partial charge in [-0.05, 0) is 64.2 Å². The van der Waals surface area contributed by atoms with Crippen molar-refractivity contribution in [1.29, 1.82) is 0 Å². The zero-order valence-corrected chi connectivity index (χ0v) is 47.7. The molecule has 2 fully saturated rings. The molecule has 1 amide bonds. The van der Waals surface area contributed by atoms with E-state index in [1.165, 1.54) is 161 Å². The molecule has 2 saturated heterocycles. The highest BCUT2D eigenvalue weighted by atomic mass is 16.7. The van der Waals surface area contributed by atoms with Crippen LogP contribution in [0.5, 0.6) is 0 Å². The summed E-state index contributed by atoms with van der Waals surface area (Å²) in [4.78, 5) is 13.3. The molecule has 0 aromatic carbocycles. The molecule has 0 bridgehead atoms. The number of hydrogen-bond acceptors (Lipinski definition) is 13. The monoisotopic (exact) mass is 1080 g/mol. The van der Waals surface area contributed by atoms with Crippen LogP contribution in [-0.2, 0) is 23.7 Å². The van der Waals surface area contributed by atoms with E-state index in [0.717, 1.165) is 51.4 Å². The first kappa shape index (κ1) is 70.1. The van der Waals surface area contributed by atoms with Gasteiger partial charge in [-0.1, -0.05) is 223 Å². The molecule has 76 heavy (non-hydrogen) atoms. The Labute approximate surface area is 461 Å². The van der Waals surface area contributed by atoms with Gasteiger partial charge in [0, 0.05) is 6.42 Å². The van der Waals surface area contributed by atoms with Crippen LogP contribution in [0.25, 0.3) is 0 Å². The summed E-state index contributed by atoms with van der Waals surface area (Å²) >= 11 is 0. The Kier molecular flexibility index (Phi) is 44.0. The Hall–Kier alpha value is -2.05. The fourth-order valence-corrected chi connectivity index (χ4v) is 9.99. The van der Waals surface area contributed by atoms with Gasteiger partial charge in [-0.3, -0.25) is 4.79 Å². The third-order valence-electron chi connectivity index (χ3n) is 15.0. The zero-order chi connectivity index (χ0) is 55.3. The highest BCUT2D eigenvalue weighted by molar-refractivity contribution is 5.76. The summed E-state index contributed by atoms with van der Waals surface area (Å²) in [6.45, 7) is 2.77. The molecule has 0 aliphatic carbocycles. The second kappa shape index (κ2) is 47.7. The van der Waals surface area contributed by atoms with Crippen molar-refractivity contribution in [2.45, 2.75) is 319 Å². The van der Waals surface area contributed by atoms with E-state index < -0.39 is 86.8 Å². The summed E-state index contributed by atoms with van der Waals surface area (Å²) in [5, 5.41) is 87.1. The normalized spacial score (nSPS) is 25.2. The number of carbonyl (C=O) groups is 1. The van der Waals surface area contributed by atoms with E-state index in [9.17, 15) is 45.6 Å². The molecule has 14 heteroatoms. The summed E-state index contributed by atoms with van der Waals surface area (Å²) in [6, 6.07) is -0.937. The predicted octanol–water partition coefficient (Wildman–Crippen LogP) is 10.8. The van der Waals surface area contributed by atoms with E-state index in [1.54, 1.807) is 6.08 Å². The standard InChI is InChI=1S/C62H113NO13/c1-3-5-7-9-11-13-15-17-19-21-23-24-25-26-27-28-29-31-33-35-37-39-41-43-45-51(66)50(63-54(67)46-44-42-40-38-36-34-32-30-22-20-18-16-14-12-10-8-6-4-2)49-73-61-59(72)57(70)60(53(48-65)75-61)76-62-58(71)56(69)55(68)52(47-64)74-62/h14,16,20,22,35,37,43,45,50-53,55-62,64-66,68-72H,3-13,15,17-19,21,23-34,36,38-42,44,46-49H2,1-2H3,(H,63,67)/b16-14-,22-20-,37-35+,45-43+. The first-order chi connectivity index (χ1) is 37.1. The number of hydrogen-bond donors (Lipinski definition) is 9. The number of nitrogens with one attached hydrogen (secondary N) is 1. The number of aliphatic hydroxyl groups excluding tert-OH is 8. The van der Waals surface area contributed by atoms with Gasteiger partial charge >= 0.3 is 0 Å². The minimum absolute atomic E-state index is 0.256. The second-order valence-corrected chi connectivity index (χ2v) is 21.8. The molecule has 0 spiro atoms. The Morgan fingerprint density at radius 1 is 0.474 bits per heavy atom. The molecule has 2 heterocycles. The third kappa shape index (κ3) is 32.9. The smallest absolute Gasteiger partial charge is 0.220 e. The molecule has 14 nitrogen and oxygen atoms in total. The van der Waals surface area contributed by atoms with Crippen molar-refractivity contribution in [3.05, 3.63) is 48.6 Å². The highest BCUT2D eigenvalue weighted by Crippen LogP contribution is 2.30. The summed E-state index contributed by atoms with van der Waals surface area (Å²) in [7, 11) is 0. The number of allylic oxidation sites excluding steroid dienone is 7. The molecule has 12 unspecified atom stereocenters. The number of unbranched alkanes of at least 4 members (excludes halogenated alkanes) is 30. The van der Waals surface area contributed by atoms with E-state index in [-0.39, 0.29) is 18.9 Å². The summed E-state index contributed by atoms with van der Waals surface area (Å²) in [5.41, 5.74) is 0. The molecule has 444 valence electrons. The molecular weight excluding hydrogens is 967 g/mol. The lowest BCUT2D eigenvalue weighted by Crippen LogP contribution is -2.65. The van der Waals surface area contributed by atoms with Gasteiger partial charge in [-0.2, -0.15) is 0 Å². The van der Waals surface area contributed by atoms with Crippen LogP contribution in [0.15, 0.2) is 48.6 Å². The van der Waals surface area contributed by atoms with Crippen LogP contribution >= 0.6 is 0 Å². The molecule has 2 aliphatic heterocycles. The lowest BCUT2D eigenvalue weighted by molar-refractivity contribution is -0.359. The maximum Gasteiger partial charge on any atom is 0.220 e. The molecule has 0 aromatic rings. The van der Waals surface area contributed by atoms with Crippen LogP contribution in [0, 0.1) is 0 Å². The minimum Gasteiger partial charge on any atom is -0.394 e. The van der Waals surface area contributed by atoms with Crippen molar-refractivity contribution in [3.8, 4) is 0 Å². The van der Waals surface area contributed by atoms with Crippen LogP contribution in [0.3, 0.4) is 0 Å². The van der Waals surface area contributed by atoms with E-state index in [1.807, 2.05) is 6.08 Å². The quantitative estimate of drug-likeness (QED) is 0.0204. The predicted molar refractivity (Wildman–Crippen MR) is 304 cm³/mol. The molecule has 12 atom stereocenters. The fourth-order valence-electron chi connectivity index (χ4n) is 9.99. The molecular formula is C62H113NO13. The Morgan fingerprint density at radius 2 is 0.882 bits per heavy atom. The van der Waals surface area contributed by atoms with Gasteiger partial charge in [-0.15, -0.1) is 0 Å². The van der Waals surface area contributed by atoms with Gasteiger partial charge in [0.15, 0.2) is 12.6 Å². The van der Waals surface area contributed by atoms with Gasteiger partial charge in [0.05, 0.1) is 32.0 Å². The van der Waals surface area contributed by atoms with Crippen molar-refractivity contribution >= 4 is 5.91 Å². The van der Waals surface area contributed by atoms with Gasteiger partial charge in [-0.25, -0.2) is 0 Å². The van der Waals surface area contributed by atoms with Crippen molar-refractivity contribution in [2.24, 2.45) is 0 Å². The van der Waals surface area contributed by atoms with Crippen LogP contribution in [-0.4, -0.2) is 140 Å². The van der Waals surface area contributed by atoms with E-state index in [4.69, 9.17) is 18.9 Å². The van der Waals surface area contributed by atoms with Gasteiger partial charge in [0.25, 0.3) is 0 Å². The molecule has 0 radical (unpaired) electrons. The number of rotatable bonds is 49. The number of amides is 1. The molecule has 9 N–H and O–H groups in total. The molecule has 0 aromatic heterocycles. The summed E-state index contributed by atoms with van der Waals surface area (Å²) in [5.74, 6) is -0.256. The Balaban J connectivity index is 1.77. The van der Waals surface area contributed by atoms with Crippen molar-refractivity contribution < 1.29 is 64.6 Å². The van der Waals surface area contributed by atoms with E-state index in [2.05, 4.69) is 55.6 Å². The lowest BCUT2D eigenvalue weighted by atomic mass is 9.97. The average molecular weight is 1080 g/mol. The first-order valence-electron chi connectivity index (χ1n) is 30.9. The van der Waals surface area contributed by atoms with Crippen LogP contribution in [0.4, 0.5) is 0 Å².